The summed E-state index contributed by atoms with van der Waals surface area (Å²) in [5, 5.41) is 11.1. The van der Waals surface area contributed by atoms with E-state index in [0.717, 1.165) is 36.4 Å². The van der Waals surface area contributed by atoms with E-state index in [0.29, 0.717) is 11.1 Å². The lowest BCUT2D eigenvalue weighted by Gasteiger charge is -2.31. The van der Waals surface area contributed by atoms with Crippen molar-refractivity contribution in [1.82, 2.24) is 20.1 Å². The van der Waals surface area contributed by atoms with Gasteiger partial charge in [-0.25, -0.2) is 4.79 Å². The van der Waals surface area contributed by atoms with E-state index in [4.69, 9.17) is 10.5 Å². The predicted octanol–water partition coefficient (Wildman–Crippen LogP) is 3.38. The van der Waals surface area contributed by atoms with Gasteiger partial charge in [0.25, 0.3) is 0 Å². The minimum Gasteiger partial charge on any atom is -0.497 e. The molecule has 0 saturated heterocycles. The second-order valence-corrected chi connectivity index (χ2v) is 8.66. The molecule has 1 fully saturated rings. The molecule has 1 saturated carbocycles. The number of rotatable bonds is 6. The number of benzene rings is 1. The third-order valence-electron chi connectivity index (χ3n) is 5.31. The predicted molar refractivity (Wildman–Crippen MR) is 112 cm³/mol. The SMILES string of the molecule is COc1ccc(-c2nnc(S[C@@H](C)C(=O)NC(N)=O)n2[C@H]2CCCC[C@@H]2C)cc1. The Morgan fingerprint density at radius 2 is 1.93 bits per heavy atom. The number of imide groups is 1. The van der Waals surface area contributed by atoms with Crippen molar-refractivity contribution in [3.63, 3.8) is 0 Å². The maximum absolute atomic E-state index is 12.2. The highest BCUT2D eigenvalue weighted by Crippen LogP contribution is 2.39. The molecule has 3 rings (SSSR count). The molecule has 8 nitrogen and oxygen atoms in total. The first-order valence-corrected chi connectivity index (χ1v) is 10.6. The minimum atomic E-state index is -0.858. The summed E-state index contributed by atoms with van der Waals surface area (Å²) in [5.74, 6) is 1.58. The molecule has 1 aliphatic carbocycles. The number of methoxy groups -OCH3 is 1. The average molecular weight is 418 g/mol. The van der Waals surface area contributed by atoms with Crippen LogP contribution in [0.15, 0.2) is 29.4 Å². The summed E-state index contributed by atoms with van der Waals surface area (Å²) >= 11 is 1.28. The summed E-state index contributed by atoms with van der Waals surface area (Å²) in [6.45, 7) is 3.97. The normalized spacial score (nSPS) is 20.1. The number of nitrogens with two attached hydrogens (primary N) is 1. The topological polar surface area (TPSA) is 112 Å². The quantitative estimate of drug-likeness (QED) is 0.697. The van der Waals surface area contributed by atoms with Gasteiger partial charge in [0.05, 0.1) is 12.4 Å². The molecule has 1 heterocycles. The third kappa shape index (κ3) is 4.90. The van der Waals surface area contributed by atoms with Crippen LogP contribution >= 0.6 is 11.8 Å². The van der Waals surface area contributed by atoms with Crippen LogP contribution in [0.5, 0.6) is 5.75 Å². The fraction of sp³-hybridized carbons (Fsp3) is 0.500. The van der Waals surface area contributed by atoms with Gasteiger partial charge < -0.3 is 10.5 Å². The molecule has 3 N–H and O–H groups in total. The number of nitrogens with one attached hydrogen (secondary N) is 1. The Kier molecular flexibility index (Phi) is 6.79. The van der Waals surface area contributed by atoms with Crippen molar-refractivity contribution < 1.29 is 14.3 Å². The van der Waals surface area contributed by atoms with E-state index in [-0.39, 0.29) is 6.04 Å². The van der Waals surface area contributed by atoms with Crippen molar-refractivity contribution in [3.05, 3.63) is 24.3 Å². The summed E-state index contributed by atoms with van der Waals surface area (Å²) in [4.78, 5) is 23.2. The molecule has 1 aromatic heterocycles. The molecule has 9 heteroatoms. The van der Waals surface area contributed by atoms with Crippen LogP contribution in [0.2, 0.25) is 0 Å². The van der Waals surface area contributed by atoms with E-state index < -0.39 is 17.2 Å². The average Bonchev–Trinajstić information content (AvgIpc) is 3.11. The number of urea groups is 1. The number of ether oxygens (including phenoxy) is 1. The summed E-state index contributed by atoms with van der Waals surface area (Å²) in [7, 11) is 1.63. The lowest BCUT2D eigenvalue weighted by molar-refractivity contribution is -0.119. The van der Waals surface area contributed by atoms with Crippen LogP contribution in [0.3, 0.4) is 0 Å². The number of amides is 3. The van der Waals surface area contributed by atoms with E-state index in [1.165, 1.54) is 18.2 Å². The van der Waals surface area contributed by atoms with Gasteiger partial charge in [0.2, 0.25) is 5.91 Å². The first kappa shape index (κ1) is 21.2. The van der Waals surface area contributed by atoms with Crippen LogP contribution < -0.4 is 15.8 Å². The standard InChI is InChI=1S/C20H27N5O3S/c1-12-6-4-5-7-16(12)25-17(14-8-10-15(28-3)11-9-14)23-24-20(25)29-13(2)18(26)22-19(21)27/h8-13,16H,4-7H2,1-3H3,(H3,21,22,26,27)/t12-,13-,16-/m0/s1. The van der Waals surface area contributed by atoms with Gasteiger partial charge in [0, 0.05) is 11.6 Å². The lowest BCUT2D eigenvalue weighted by Crippen LogP contribution is -2.39. The second kappa shape index (κ2) is 9.30. The number of primary amides is 1. The van der Waals surface area contributed by atoms with Crippen LogP contribution in [0.4, 0.5) is 4.79 Å². The number of carbonyl (C=O) groups is 2. The second-order valence-electron chi connectivity index (χ2n) is 7.35. The summed E-state index contributed by atoms with van der Waals surface area (Å²) in [6.07, 6.45) is 4.55. The molecular weight excluding hydrogens is 390 g/mol. The lowest BCUT2D eigenvalue weighted by atomic mass is 9.85. The number of aromatic nitrogens is 3. The Balaban J connectivity index is 1.96. The molecule has 1 aromatic carbocycles. The molecule has 3 amide bonds. The van der Waals surface area contributed by atoms with Crippen molar-refractivity contribution in [2.24, 2.45) is 11.7 Å². The molecule has 0 spiro atoms. The van der Waals surface area contributed by atoms with Gasteiger partial charge in [-0.1, -0.05) is 31.5 Å². The highest BCUT2D eigenvalue weighted by molar-refractivity contribution is 8.00. The molecule has 0 radical (unpaired) electrons. The van der Waals surface area contributed by atoms with Gasteiger partial charge in [-0.2, -0.15) is 0 Å². The maximum atomic E-state index is 12.2. The van der Waals surface area contributed by atoms with Gasteiger partial charge in [0.15, 0.2) is 11.0 Å². The van der Waals surface area contributed by atoms with Crippen LogP contribution in [-0.2, 0) is 4.79 Å². The van der Waals surface area contributed by atoms with Crippen LogP contribution in [0.1, 0.15) is 45.6 Å². The summed E-state index contributed by atoms with van der Waals surface area (Å²) < 4.78 is 7.41. The number of hydrogen-bond donors (Lipinski definition) is 2. The van der Waals surface area contributed by atoms with Crippen molar-refractivity contribution in [3.8, 4) is 17.1 Å². The number of carbonyl (C=O) groups excluding carboxylic acids is 2. The van der Waals surface area contributed by atoms with E-state index >= 15 is 0 Å². The van der Waals surface area contributed by atoms with Crippen molar-refractivity contribution in [2.75, 3.05) is 7.11 Å². The van der Waals surface area contributed by atoms with Crippen molar-refractivity contribution in [2.45, 2.75) is 56.0 Å². The Morgan fingerprint density at radius 1 is 1.24 bits per heavy atom. The van der Waals surface area contributed by atoms with Crippen LogP contribution in [0, 0.1) is 5.92 Å². The fourth-order valence-corrected chi connectivity index (χ4v) is 4.61. The van der Waals surface area contributed by atoms with E-state index in [2.05, 4.69) is 27.0 Å². The van der Waals surface area contributed by atoms with Crippen LogP contribution in [0.25, 0.3) is 11.4 Å². The zero-order valence-electron chi connectivity index (χ0n) is 16.9. The Morgan fingerprint density at radius 3 is 2.55 bits per heavy atom. The van der Waals surface area contributed by atoms with Gasteiger partial charge in [-0.3, -0.25) is 14.7 Å². The largest absolute Gasteiger partial charge is 0.497 e. The van der Waals surface area contributed by atoms with E-state index in [1.807, 2.05) is 24.3 Å². The van der Waals surface area contributed by atoms with E-state index in [1.54, 1.807) is 14.0 Å². The van der Waals surface area contributed by atoms with Crippen molar-refractivity contribution in [1.29, 1.82) is 0 Å². The first-order chi connectivity index (χ1) is 13.9. The zero-order valence-corrected chi connectivity index (χ0v) is 17.7. The number of thioether (sulfide) groups is 1. The highest BCUT2D eigenvalue weighted by Gasteiger charge is 2.30. The van der Waals surface area contributed by atoms with Gasteiger partial charge >= 0.3 is 6.03 Å². The summed E-state index contributed by atoms with van der Waals surface area (Å²) in [6, 6.07) is 7.12. The number of nitrogens with zero attached hydrogens (tertiary/aromatic N) is 3. The van der Waals surface area contributed by atoms with Gasteiger partial charge in [-0.15, -0.1) is 10.2 Å². The van der Waals surface area contributed by atoms with E-state index in [9.17, 15) is 9.59 Å². The molecule has 2 aromatic rings. The molecule has 0 aliphatic heterocycles. The van der Waals surface area contributed by atoms with Gasteiger partial charge in [0.1, 0.15) is 5.75 Å². The Labute approximate surface area is 174 Å². The molecule has 0 bridgehead atoms. The monoisotopic (exact) mass is 417 g/mol. The Bertz CT molecular complexity index is 868. The molecule has 156 valence electrons. The molecule has 3 atom stereocenters. The summed E-state index contributed by atoms with van der Waals surface area (Å²) in [5.41, 5.74) is 6.01. The molecule has 0 unspecified atom stereocenters. The van der Waals surface area contributed by atoms with Crippen molar-refractivity contribution >= 4 is 23.7 Å². The fourth-order valence-electron chi connectivity index (χ4n) is 3.71. The minimum absolute atomic E-state index is 0.254. The maximum Gasteiger partial charge on any atom is 0.318 e. The zero-order chi connectivity index (χ0) is 21.0. The van der Waals surface area contributed by atoms with Gasteiger partial charge in [-0.05, 0) is 49.9 Å². The Hall–Kier alpha value is -2.55. The number of hydrogen-bond acceptors (Lipinski definition) is 6. The first-order valence-electron chi connectivity index (χ1n) is 9.77. The van der Waals surface area contributed by atoms with Crippen LogP contribution in [-0.4, -0.2) is 39.1 Å². The third-order valence-corrected chi connectivity index (χ3v) is 6.37. The molecular formula is C20H27N5O3S. The highest BCUT2D eigenvalue weighted by atomic mass is 32.2. The molecule has 29 heavy (non-hydrogen) atoms. The molecule has 1 aliphatic rings. The smallest absolute Gasteiger partial charge is 0.318 e.